The summed E-state index contributed by atoms with van der Waals surface area (Å²) in [6.07, 6.45) is 1.26. The van der Waals surface area contributed by atoms with Crippen molar-refractivity contribution in [3.63, 3.8) is 0 Å². The molecule has 0 radical (unpaired) electrons. The summed E-state index contributed by atoms with van der Waals surface area (Å²) in [5, 5.41) is 11.3. The Kier molecular flexibility index (Phi) is 4.46. The molecular weight excluding hydrogens is 262 g/mol. The van der Waals surface area contributed by atoms with E-state index in [0.717, 1.165) is 5.56 Å². The van der Waals surface area contributed by atoms with Crippen molar-refractivity contribution >= 4 is 5.78 Å². The van der Waals surface area contributed by atoms with Gasteiger partial charge in [0.2, 0.25) is 0 Å². The molecule has 1 aromatic carbocycles. The van der Waals surface area contributed by atoms with Gasteiger partial charge in [0.15, 0.2) is 0 Å². The molecule has 1 saturated heterocycles. The van der Waals surface area contributed by atoms with Crippen LogP contribution < -0.4 is 5.32 Å². The van der Waals surface area contributed by atoms with Crippen LogP contribution in [0, 0.1) is 11.3 Å². The van der Waals surface area contributed by atoms with Crippen molar-refractivity contribution < 1.29 is 13.6 Å². The topological polar surface area (TPSA) is 52.9 Å². The van der Waals surface area contributed by atoms with E-state index in [1.54, 1.807) is 12.1 Å². The highest BCUT2D eigenvalue weighted by Crippen LogP contribution is 2.26. The van der Waals surface area contributed by atoms with E-state index in [-0.39, 0.29) is 12.2 Å². The Morgan fingerprint density at radius 2 is 2.10 bits per heavy atom. The number of nitriles is 1. The van der Waals surface area contributed by atoms with Crippen molar-refractivity contribution in [2.24, 2.45) is 0 Å². The molecule has 0 amide bonds. The Balaban J connectivity index is 1.75. The average molecular weight is 278 g/mol. The van der Waals surface area contributed by atoms with Crippen LogP contribution in [-0.4, -0.2) is 24.3 Å². The standard InChI is InChI=1S/C15H16F2N2O/c16-15(17)8-13(19-10-15)14(20)3-1-2-11-4-6-12(9-18)7-5-11/h4-7,13,19H,1-3,8,10H2/t13-/m0/s1. The third kappa shape index (κ3) is 3.84. The zero-order valence-electron chi connectivity index (χ0n) is 11.0. The van der Waals surface area contributed by atoms with Crippen LogP contribution >= 0.6 is 0 Å². The fourth-order valence-corrected chi connectivity index (χ4v) is 2.33. The van der Waals surface area contributed by atoms with E-state index in [2.05, 4.69) is 5.32 Å². The Labute approximate surface area is 116 Å². The van der Waals surface area contributed by atoms with E-state index in [4.69, 9.17) is 5.26 Å². The van der Waals surface area contributed by atoms with E-state index < -0.39 is 18.5 Å². The molecule has 3 nitrogen and oxygen atoms in total. The molecule has 106 valence electrons. The summed E-state index contributed by atoms with van der Waals surface area (Å²) in [6.45, 7) is -0.404. The number of hydrogen-bond acceptors (Lipinski definition) is 3. The molecule has 0 aliphatic carbocycles. The van der Waals surface area contributed by atoms with Gasteiger partial charge in [0, 0.05) is 12.8 Å². The quantitative estimate of drug-likeness (QED) is 0.900. The number of halogens is 2. The van der Waals surface area contributed by atoms with Crippen molar-refractivity contribution in [1.29, 1.82) is 5.26 Å². The summed E-state index contributed by atoms with van der Waals surface area (Å²) < 4.78 is 25.9. The lowest BCUT2D eigenvalue weighted by atomic mass is 10.0. The smallest absolute Gasteiger partial charge is 0.262 e. The fourth-order valence-electron chi connectivity index (χ4n) is 2.33. The normalized spacial score (nSPS) is 20.6. The Hall–Kier alpha value is -1.80. The van der Waals surface area contributed by atoms with E-state index >= 15 is 0 Å². The van der Waals surface area contributed by atoms with Gasteiger partial charge < -0.3 is 5.32 Å². The zero-order valence-corrected chi connectivity index (χ0v) is 11.0. The number of benzene rings is 1. The Morgan fingerprint density at radius 1 is 1.40 bits per heavy atom. The predicted molar refractivity (Wildman–Crippen MR) is 70.5 cm³/mol. The second kappa shape index (κ2) is 6.10. The van der Waals surface area contributed by atoms with Gasteiger partial charge in [-0.25, -0.2) is 8.78 Å². The third-order valence-electron chi connectivity index (χ3n) is 3.47. The van der Waals surface area contributed by atoms with Gasteiger partial charge in [-0.15, -0.1) is 0 Å². The van der Waals surface area contributed by atoms with Gasteiger partial charge in [0.05, 0.1) is 24.2 Å². The van der Waals surface area contributed by atoms with E-state index in [1.165, 1.54) is 0 Å². The molecule has 0 saturated carbocycles. The molecule has 1 aliphatic rings. The van der Waals surface area contributed by atoms with Gasteiger partial charge >= 0.3 is 0 Å². The summed E-state index contributed by atoms with van der Waals surface area (Å²) in [5.74, 6) is -2.90. The lowest BCUT2D eigenvalue weighted by molar-refractivity contribution is -0.121. The molecule has 1 aromatic rings. The zero-order chi connectivity index (χ0) is 14.6. The van der Waals surface area contributed by atoms with Crippen molar-refractivity contribution in [1.82, 2.24) is 5.32 Å². The number of ketones is 1. The summed E-state index contributed by atoms with van der Waals surface area (Å²) in [7, 11) is 0. The number of aryl methyl sites for hydroxylation is 1. The molecule has 20 heavy (non-hydrogen) atoms. The van der Waals surface area contributed by atoms with Gasteiger partial charge in [0.1, 0.15) is 5.78 Å². The summed E-state index contributed by atoms with van der Waals surface area (Å²) >= 11 is 0. The minimum Gasteiger partial charge on any atom is -0.302 e. The molecule has 0 spiro atoms. The van der Waals surface area contributed by atoms with Crippen molar-refractivity contribution in [2.45, 2.75) is 37.6 Å². The molecule has 1 N–H and O–H groups in total. The summed E-state index contributed by atoms with van der Waals surface area (Å²) in [4.78, 5) is 11.8. The van der Waals surface area contributed by atoms with Gasteiger partial charge in [-0.2, -0.15) is 5.26 Å². The molecule has 1 aliphatic heterocycles. The number of carbonyl (C=O) groups is 1. The lowest BCUT2D eigenvalue weighted by Gasteiger charge is -2.09. The van der Waals surface area contributed by atoms with Gasteiger partial charge in [-0.1, -0.05) is 12.1 Å². The molecule has 0 bridgehead atoms. The van der Waals surface area contributed by atoms with Crippen LogP contribution in [0.5, 0.6) is 0 Å². The number of hydrogen-bond donors (Lipinski definition) is 1. The number of carbonyl (C=O) groups excluding carboxylic acids is 1. The maximum Gasteiger partial charge on any atom is 0.262 e. The number of Topliss-reactive ketones (excluding diaryl/α,β-unsaturated/α-hetero) is 1. The van der Waals surface area contributed by atoms with Crippen LogP contribution in [0.1, 0.15) is 30.4 Å². The molecule has 0 aromatic heterocycles. The van der Waals surface area contributed by atoms with Crippen LogP contribution in [0.4, 0.5) is 8.78 Å². The van der Waals surface area contributed by atoms with Gasteiger partial charge in [0.25, 0.3) is 5.92 Å². The molecular formula is C15H16F2N2O. The Bertz CT molecular complexity index is 520. The Morgan fingerprint density at radius 3 is 2.65 bits per heavy atom. The fraction of sp³-hybridized carbons (Fsp3) is 0.467. The highest BCUT2D eigenvalue weighted by molar-refractivity contribution is 5.84. The number of alkyl halides is 2. The molecule has 5 heteroatoms. The first-order valence-electron chi connectivity index (χ1n) is 6.63. The van der Waals surface area contributed by atoms with Crippen molar-refractivity contribution in [2.75, 3.05) is 6.54 Å². The van der Waals surface area contributed by atoms with Crippen molar-refractivity contribution in [3.8, 4) is 6.07 Å². The van der Waals surface area contributed by atoms with Crippen LogP contribution in [-0.2, 0) is 11.2 Å². The second-order valence-electron chi connectivity index (χ2n) is 5.12. The molecule has 0 unspecified atom stereocenters. The SMILES string of the molecule is N#Cc1ccc(CCCC(=O)[C@@H]2CC(F)(F)CN2)cc1. The monoisotopic (exact) mass is 278 g/mol. The minimum atomic E-state index is -2.76. The second-order valence-corrected chi connectivity index (χ2v) is 5.12. The van der Waals surface area contributed by atoms with Crippen LogP contribution in [0.3, 0.4) is 0 Å². The summed E-state index contributed by atoms with van der Waals surface area (Å²) in [5.41, 5.74) is 1.64. The maximum atomic E-state index is 13.0. The van der Waals surface area contributed by atoms with Crippen molar-refractivity contribution in [3.05, 3.63) is 35.4 Å². The van der Waals surface area contributed by atoms with Crippen LogP contribution in [0.25, 0.3) is 0 Å². The van der Waals surface area contributed by atoms with E-state index in [1.807, 2.05) is 18.2 Å². The highest BCUT2D eigenvalue weighted by atomic mass is 19.3. The first-order valence-corrected chi connectivity index (χ1v) is 6.63. The molecule has 1 fully saturated rings. The van der Waals surface area contributed by atoms with Crippen LogP contribution in [0.15, 0.2) is 24.3 Å². The first-order chi connectivity index (χ1) is 9.50. The van der Waals surface area contributed by atoms with Gasteiger partial charge in [-0.3, -0.25) is 4.79 Å². The molecule has 1 heterocycles. The minimum absolute atomic E-state index is 0.143. The summed E-state index contributed by atoms with van der Waals surface area (Å²) in [6, 6.07) is 8.51. The largest absolute Gasteiger partial charge is 0.302 e. The molecule has 1 atom stereocenters. The highest BCUT2D eigenvalue weighted by Gasteiger charge is 2.41. The number of rotatable bonds is 5. The number of nitrogens with one attached hydrogen (secondary N) is 1. The van der Waals surface area contributed by atoms with E-state index in [9.17, 15) is 13.6 Å². The average Bonchev–Trinajstić information content (AvgIpc) is 2.80. The first kappa shape index (κ1) is 14.6. The lowest BCUT2D eigenvalue weighted by Crippen LogP contribution is -2.30. The molecule has 2 rings (SSSR count). The van der Waals surface area contributed by atoms with E-state index in [0.29, 0.717) is 24.8 Å². The predicted octanol–water partition coefficient (Wildman–Crippen LogP) is 2.45. The third-order valence-corrected chi connectivity index (χ3v) is 3.47. The number of nitrogens with zero attached hydrogens (tertiary/aromatic N) is 1. The van der Waals surface area contributed by atoms with Crippen LogP contribution in [0.2, 0.25) is 0 Å². The maximum absolute atomic E-state index is 13.0. The van der Waals surface area contributed by atoms with Gasteiger partial charge in [-0.05, 0) is 30.5 Å².